The van der Waals surface area contributed by atoms with Crippen LogP contribution in [0.4, 0.5) is 16.2 Å². The number of carbonyl (C=O) groups is 3. The van der Waals surface area contributed by atoms with Gasteiger partial charge in [0.25, 0.3) is 5.91 Å². The molecule has 4 atom stereocenters. The Hall–Kier alpha value is -4.61. The van der Waals surface area contributed by atoms with Gasteiger partial charge in [-0.3, -0.25) is 9.59 Å². The highest BCUT2D eigenvalue weighted by Gasteiger charge is 2.31. The fourth-order valence-electron chi connectivity index (χ4n) is 5.71. The zero-order valence-corrected chi connectivity index (χ0v) is 29.2. The summed E-state index contributed by atoms with van der Waals surface area (Å²) in [5, 5.41) is 15.8. The number of nitrogens with one attached hydrogen (secondary N) is 2. The van der Waals surface area contributed by atoms with Gasteiger partial charge in [0.1, 0.15) is 11.5 Å². The topological polar surface area (TPSA) is 130 Å². The van der Waals surface area contributed by atoms with Crippen molar-refractivity contribution < 1.29 is 33.7 Å². The normalized spacial score (nSPS) is 19.4. The number of rotatable bonds is 9. The largest absolute Gasteiger partial charge is 0.497 e. The number of hydrogen-bond donors (Lipinski definition) is 3. The number of anilines is 2. The molecule has 1 aliphatic rings. The minimum Gasteiger partial charge on any atom is -0.497 e. The van der Waals surface area contributed by atoms with Gasteiger partial charge in [-0.1, -0.05) is 37.3 Å². The van der Waals surface area contributed by atoms with E-state index in [0.29, 0.717) is 36.0 Å². The molecule has 0 saturated heterocycles. The number of methoxy groups -OCH3 is 1. The van der Waals surface area contributed by atoms with E-state index in [2.05, 4.69) is 10.6 Å². The third kappa shape index (κ3) is 11.0. The Labute approximate surface area is 289 Å². The van der Waals surface area contributed by atoms with Crippen LogP contribution in [0.3, 0.4) is 0 Å². The average molecular weight is 675 g/mol. The number of carbonyl (C=O) groups excluding carboxylic acids is 3. The molecule has 0 fully saturated rings. The number of aliphatic hydroxyl groups excluding tert-OH is 1. The van der Waals surface area contributed by atoms with Crippen molar-refractivity contribution in [2.45, 2.75) is 64.7 Å². The highest BCUT2D eigenvalue weighted by molar-refractivity contribution is 6.02. The molecule has 0 radical (unpaired) electrons. The van der Waals surface area contributed by atoms with Crippen molar-refractivity contribution in [3.8, 4) is 11.5 Å². The Balaban J connectivity index is 1.57. The molecule has 4 rings (SSSR count). The Kier molecular flexibility index (Phi) is 13.8. The molecule has 49 heavy (non-hydrogen) atoms. The summed E-state index contributed by atoms with van der Waals surface area (Å²) >= 11 is 0. The molecule has 0 aliphatic carbocycles. The molecule has 11 nitrogen and oxygen atoms in total. The van der Waals surface area contributed by atoms with Crippen LogP contribution in [0.15, 0.2) is 72.8 Å². The Morgan fingerprint density at radius 3 is 2.41 bits per heavy atom. The molecular weight excluding hydrogens is 624 g/mol. The van der Waals surface area contributed by atoms with Crippen molar-refractivity contribution in [1.82, 2.24) is 9.80 Å². The van der Waals surface area contributed by atoms with Crippen LogP contribution in [0.1, 0.15) is 56.0 Å². The smallest absolute Gasteiger partial charge is 0.323 e. The lowest BCUT2D eigenvalue weighted by Crippen LogP contribution is -2.48. The van der Waals surface area contributed by atoms with Crippen molar-refractivity contribution >= 4 is 29.2 Å². The highest BCUT2D eigenvalue weighted by atomic mass is 16.5. The molecule has 0 spiro atoms. The number of hydrogen-bond acceptors (Lipinski definition) is 7. The van der Waals surface area contributed by atoms with Crippen LogP contribution >= 0.6 is 0 Å². The number of fused-ring (bicyclic) bond motifs is 1. The van der Waals surface area contributed by atoms with E-state index in [1.807, 2.05) is 44.2 Å². The van der Waals surface area contributed by atoms with Gasteiger partial charge in [0, 0.05) is 44.0 Å². The van der Waals surface area contributed by atoms with Crippen LogP contribution in [0.2, 0.25) is 0 Å². The molecule has 0 bridgehead atoms. The number of ether oxygens (including phenoxy) is 3. The first-order valence-electron chi connectivity index (χ1n) is 16.9. The first-order chi connectivity index (χ1) is 23.6. The third-order valence-corrected chi connectivity index (χ3v) is 8.74. The second-order valence-corrected chi connectivity index (χ2v) is 12.8. The second kappa shape index (κ2) is 18.2. The highest BCUT2D eigenvalue weighted by Crippen LogP contribution is 2.29. The molecule has 11 heteroatoms. The van der Waals surface area contributed by atoms with Gasteiger partial charge in [0.2, 0.25) is 5.91 Å². The van der Waals surface area contributed by atoms with E-state index < -0.39 is 12.1 Å². The lowest BCUT2D eigenvalue weighted by atomic mass is 10.0. The summed E-state index contributed by atoms with van der Waals surface area (Å²) in [7, 11) is 3.35. The van der Waals surface area contributed by atoms with E-state index >= 15 is 0 Å². The first-order valence-corrected chi connectivity index (χ1v) is 16.9. The summed E-state index contributed by atoms with van der Waals surface area (Å²) in [6.07, 6.45) is 2.16. The van der Waals surface area contributed by atoms with Crippen LogP contribution in [0.25, 0.3) is 0 Å². The molecular formula is C38H50N4O7. The monoisotopic (exact) mass is 674 g/mol. The number of urea groups is 1. The van der Waals surface area contributed by atoms with Gasteiger partial charge >= 0.3 is 6.03 Å². The summed E-state index contributed by atoms with van der Waals surface area (Å²) in [5.41, 5.74) is 2.19. The fourth-order valence-corrected chi connectivity index (χ4v) is 5.71. The van der Waals surface area contributed by atoms with Gasteiger partial charge in [-0.15, -0.1) is 0 Å². The number of benzene rings is 3. The third-order valence-electron chi connectivity index (χ3n) is 8.74. The maximum absolute atomic E-state index is 14.4. The summed E-state index contributed by atoms with van der Waals surface area (Å²) in [6.45, 7) is 6.61. The van der Waals surface area contributed by atoms with Crippen LogP contribution in [-0.2, 0) is 16.0 Å². The van der Waals surface area contributed by atoms with Crippen molar-refractivity contribution in [2.24, 2.45) is 5.92 Å². The number of likely N-dealkylation sites (N-methyl/N-ethyl adjacent to an activating group) is 1. The van der Waals surface area contributed by atoms with Gasteiger partial charge in [0.15, 0.2) is 0 Å². The summed E-state index contributed by atoms with van der Waals surface area (Å²) < 4.78 is 17.9. The van der Waals surface area contributed by atoms with E-state index in [4.69, 9.17) is 14.2 Å². The maximum atomic E-state index is 14.4. The van der Waals surface area contributed by atoms with Crippen molar-refractivity contribution in [1.29, 1.82) is 0 Å². The molecule has 1 aliphatic heterocycles. The number of amides is 4. The molecule has 0 unspecified atom stereocenters. The minimum absolute atomic E-state index is 0.0194. The van der Waals surface area contributed by atoms with Crippen molar-refractivity contribution in [3.63, 3.8) is 0 Å². The Morgan fingerprint density at radius 2 is 1.71 bits per heavy atom. The van der Waals surface area contributed by atoms with E-state index in [1.54, 1.807) is 73.3 Å². The molecule has 0 aromatic heterocycles. The molecule has 3 N–H and O–H groups in total. The van der Waals surface area contributed by atoms with Crippen molar-refractivity contribution in [3.05, 3.63) is 83.9 Å². The first kappa shape index (κ1) is 37.2. The Bertz CT molecular complexity index is 1520. The van der Waals surface area contributed by atoms with Crippen molar-refractivity contribution in [2.75, 3.05) is 51.1 Å². The SMILES string of the molecule is COc1ccc(NC(=O)Nc2ccc3c(c2)C(=O)N([C@H](C)CO)C[C@@H](C)[C@H](CN(C)C(=O)Cc2ccccc2)OCCCC[C@@H](C)O3)cc1. The lowest BCUT2D eigenvalue weighted by molar-refractivity contribution is -0.131. The molecule has 0 saturated carbocycles. The zero-order chi connectivity index (χ0) is 35.3. The molecule has 3 aromatic rings. The molecule has 4 amide bonds. The maximum Gasteiger partial charge on any atom is 0.323 e. The quantitative estimate of drug-likeness (QED) is 0.260. The summed E-state index contributed by atoms with van der Waals surface area (Å²) in [4.78, 5) is 43.7. The van der Waals surface area contributed by atoms with Crippen LogP contribution in [0, 0.1) is 5.92 Å². The van der Waals surface area contributed by atoms with E-state index in [0.717, 1.165) is 24.8 Å². The van der Waals surface area contributed by atoms with Gasteiger partial charge < -0.3 is 39.8 Å². The zero-order valence-electron chi connectivity index (χ0n) is 29.2. The molecule has 3 aromatic carbocycles. The van der Waals surface area contributed by atoms with Crippen LogP contribution < -0.4 is 20.1 Å². The number of nitrogens with zero attached hydrogens (tertiary/aromatic N) is 2. The second-order valence-electron chi connectivity index (χ2n) is 12.8. The molecule has 1 heterocycles. The van der Waals surface area contributed by atoms with Crippen LogP contribution in [0.5, 0.6) is 11.5 Å². The van der Waals surface area contributed by atoms with E-state index in [1.165, 1.54) is 0 Å². The fraction of sp³-hybridized carbons (Fsp3) is 0.447. The van der Waals surface area contributed by atoms with Gasteiger partial charge in [0.05, 0.1) is 44.0 Å². The average Bonchev–Trinajstić information content (AvgIpc) is 3.10. The number of aliphatic hydroxyl groups is 1. The van der Waals surface area contributed by atoms with E-state index in [-0.39, 0.29) is 55.1 Å². The predicted octanol–water partition coefficient (Wildman–Crippen LogP) is 5.84. The summed E-state index contributed by atoms with van der Waals surface area (Å²) in [6, 6.07) is 20.6. The minimum atomic E-state index is -0.527. The lowest BCUT2D eigenvalue weighted by Gasteiger charge is -2.36. The Morgan fingerprint density at radius 1 is 1.02 bits per heavy atom. The standard InChI is InChI=1S/C38H50N4O7/c1-26-23-42(27(2)25-43)37(45)33-22-31(40-38(46)39-30-14-17-32(47-5)18-15-30)16-19-34(33)49-28(3)11-9-10-20-48-35(26)24-41(4)36(44)21-29-12-7-6-8-13-29/h6-8,12-19,22,26-28,35,43H,9-11,20-21,23-25H2,1-5H3,(H2,39,40,46)/t26-,27-,28-,35+/m1/s1. The van der Waals surface area contributed by atoms with Gasteiger partial charge in [-0.25, -0.2) is 4.79 Å². The van der Waals surface area contributed by atoms with Gasteiger partial charge in [-0.2, -0.15) is 0 Å². The predicted molar refractivity (Wildman–Crippen MR) is 190 cm³/mol. The summed E-state index contributed by atoms with van der Waals surface area (Å²) in [5.74, 6) is 0.515. The van der Waals surface area contributed by atoms with E-state index in [9.17, 15) is 19.5 Å². The molecule has 264 valence electrons. The van der Waals surface area contributed by atoms with Gasteiger partial charge in [-0.05, 0) is 81.1 Å². The van der Waals surface area contributed by atoms with Crippen LogP contribution in [-0.4, -0.2) is 91.5 Å².